The van der Waals surface area contributed by atoms with Crippen molar-refractivity contribution in [2.24, 2.45) is 0 Å². The van der Waals surface area contributed by atoms with Crippen molar-refractivity contribution in [2.75, 3.05) is 0 Å². The third-order valence-corrected chi connectivity index (χ3v) is 1.88. The van der Waals surface area contributed by atoms with Crippen molar-refractivity contribution in [3.8, 4) is 16.1 Å². The lowest BCUT2D eigenvalue weighted by atomic mass is 10.1. The minimum atomic E-state index is 1.28. The SMILES string of the molecule is N#CBr.c1ccc(-c2ccccc2)cc1. The molecule has 74 valence electrons. The zero-order valence-electron chi connectivity index (χ0n) is 8.10. The number of nitriles is 1. The van der Waals surface area contributed by atoms with Crippen LogP contribution in [0, 0.1) is 10.2 Å². The predicted molar refractivity (Wildman–Crippen MR) is 66.4 cm³/mol. The summed E-state index contributed by atoms with van der Waals surface area (Å²) in [6.07, 6.45) is 0. The fourth-order valence-electron chi connectivity index (χ4n) is 1.26. The first-order chi connectivity index (χ1) is 7.38. The molecular formula is C13H10BrN. The monoisotopic (exact) mass is 259 g/mol. The molecule has 0 amide bonds. The van der Waals surface area contributed by atoms with Crippen molar-refractivity contribution in [3.63, 3.8) is 0 Å². The van der Waals surface area contributed by atoms with E-state index in [2.05, 4.69) is 64.5 Å². The molecule has 0 spiro atoms. The second kappa shape index (κ2) is 6.80. The molecule has 0 saturated carbocycles. The van der Waals surface area contributed by atoms with E-state index in [0.717, 1.165) is 0 Å². The summed E-state index contributed by atoms with van der Waals surface area (Å²) in [4.78, 5) is 1.56. The lowest BCUT2D eigenvalue weighted by Crippen LogP contribution is -1.73. The molecule has 0 bridgehead atoms. The molecule has 0 aliphatic rings. The van der Waals surface area contributed by atoms with Gasteiger partial charge in [-0.1, -0.05) is 60.7 Å². The molecule has 15 heavy (non-hydrogen) atoms. The number of hydrogen-bond donors (Lipinski definition) is 0. The Morgan fingerprint density at radius 3 is 1.27 bits per heavy atom. The van der Waals surface area contributed by atoms with Gasteiger partial charge < -0.3 is 0 Å². The van der Waals surface area contributed by atoms with Crippen molar-refractivity contribution >= 4 is 15.9 Å². The molecule has 1 nitrogen and oxygen atoms in total. The third-order valence-electron chi connectivity index (χ3n) is 1.88. The van der Waals surface area contributed by atoms with Crippen LogP contribution in [0.2, 0.25) is 0 Å². The molecular weight excluding hydrogens is 250 g/mol. The molecule has 0 aliphatic heterocycles. The largest absolute Gasteiger partial charge is 0.185 e. The molecule has 2 aromatic carbocycles. The maximum absolute atomic E-state index is 7.24. The Morgan fingerprint density at radius 2 is 1.00 bits per heavy atom. The Hall–Kier alpha value is -1.59. The van der Waals surface area contributed by atoms with Crippen LogP contribution in [0.15, 0.2) is 60.7 Å². The second-order valence-electron chi connectivity index (χ2n) is 2.82. The summed E-state index contributed by atoms with van der Waals surface area (Å²) >= 11 is 2.45. The van der Waals surface area contributed by atoms with Crippen LogP contribution in [0.5, 0.6) is 0 Å². The fraction of sp³-hybridized carbons (Fsp3) is 0. The van der Waals surface area contributed by atoms with Gasteiger partial charge in [0.25, 0.3) is 0 Å². The van der Waals surface area contributed by atoms with Gasteiger partial charge in [-0.05, 0) is 11.1 Å². The molecule has 0 aliphatic carbocycles. The first-order valence-electron chi connectivity index (χ1n) is 4.48. The van der Waals surface area contributed by atoms with E-state index in [9.17, 15) is 0 Å². The van der Waals surface area contributed by atoms with E-state index < -0.39 is 0 Å². The van der Waals surface area contributed by atoms with Crippen LogP contribution in [-0.2, 0) is 0 Å². The maximum Gasteiger partial charge on any atom is 0.142 e. The minimum absolute atomic E-state index is 1.28. The smallest absolute Gasteiger partial charge is 0.142 e. The van der Waals surface area contributed by atoms with Crippen LogP contribution in [0.4, 0.5) is 0 Å². The predicted octanol–water partition coefficient (Wildman–Crippen LogP) is 4.22. The van der Waals surface area contributed by atoms with Gasteiger partial charge in [-0.15, -0.1) is 0 Å². The number of nitrogens with zero attached hydrogens (tertiary/aromatic N) is 1. The zero-order chi connectivity index (χ0) is 10.9. The molecule has 2 rings (SSSR count). The average Bonchev–Trinajstić information content (AvgIpc) is 2.32. The van der Waals surface area contributed by atoms with Gasteiger partial charge in [-0.2, -0.15) is 5.26 Å². The van der Waals surface area contributed by atoms with Crippen molar-refractivity contribution in [1.82, 2.24) is 0 Å². The number of rotatable bonds is 1. The molecule has 0 fully saturated rings. The molecule has 0 heterocycles. The van der Waals surface area contributed by atoms with E-state index in [-0.39, 0.29) is 0 Å². The highest BCUT2D eigenvalue weighted by Gasteiger charge is 1.91. The van der Waals surface area contributed by atoms with Crippen molar-refractivity contribution < 1.29 is 0 Å². The van der Waals surface area contributed by atoms with Gasteiger partial charge in [-0.3, -0.25) is 0 Å². The van der Waals surface area contributed by atoms with Crippen LogP contribution < -0.4 is 0 Å². The summed E-state index contributed by atoms with van der Waals surface area (Å²) < 4.78 is 0. The molecule has 0 saturated heterocycles. The molecule has 0 N–H and O–H groups in total. The first-order valence-corrected chi connectivity index (χ1v) is 5.28. The standard InChI is InChI=1S/C12H10.CBrN/c1-3-7-11(8-4-1)12-9-5-2-6-10-12;2-1-3/h1-10H;. The summed E-state index contributed by atoms with van der Waals surface area (Å²) in [5.41, 5.74) is 2.55. The van der Waals surface area contributed by atoms with Gasteiger partial charge in [0, 0.05) is 15.9 Å². The lowest BCUT2D eigenvalue weighted by molar-refractivity contribution is 1.57. The third kappa shape index (κ3) is 3.97. The van der Waals surface area contributed by atoms with E-state index in [1.165, 1.54) is 11.1 Å². The van der Waals surface area contributed by atoms with E-state index in [0.29, 0.717) is 0 Å². The van der Waals surface area contributed by atoms with E-state index in [1.807, 2.05) is 12.1 Å². The van der Waals surface area contributed by atoms with Crippen molar-refractivity contribution in [3.05, 3.63) is 60.7 Å². The summed E-state index contributed by atoms with van der Waals surface area (Å²) in [6.45, 7) is 0. The molecule has 0 aromatic heterocycles. The Labute approximate surface area is 98.1 Å². The van der Waals surface area contributed by atoms with Crippen molar-refractivity contribution in [1.29, 1.82) is 5.26 Å². The second-order valence-corrected chi connectivity index (χ2v) is 3.17. The quantitative estimate of drug-likeness (QED) is 0.753. The van der Waals surface area contributed by atoms with Crippen LogP contribution >= 0.6 is 15.9 Å². The van der Waals surface area contributed by atoms with Crippen LogP contribution in [-0.4, -0.2) is 0 Å². The Kier molecular flexibility index (Phi) is 5.21. The van der Waals surface area contributed by atoms with Gasteiger partial charge >= 0.3 is 0 Å². The summed E-state index contributed by atoms with van der Waals surface area (Å²) in [6, 6.07) is 20.8. The molecule has 2 aromatic rings. The fourth-order valence-corrected chi connectivity index (χ4v) is 1.26. The van der Waals surface area contributed by atoms with E-state index >= 15 is 0 Å². The molecule has 0 atom stereocenters. The van der Waals surface area contributed by atoms with Gasteiger partial charge in [0.1, 0.15) is 4.98 Å². The maximum atomic E-state index is 7.24. The zero-order valence-corrected chi connectivity index (χ0v) is 9.68. The Balaban J connectivity index is 0.000000337. The molecule has 2 heteroatoms. The van der Waals surface area contributed by atoms with Crippen LogP contribution in [0.25, 0.3) is 11.1 Å². The lowest BCUT2D eigenvalue weighted by Gasteiger charge is -1.98. The Bertz CT molecular complexity index is 380. The summed E-state index contributed by atoms with van der Waals surface area (Å²) in [5.74, 6) is 0. The molecule has 0 radical (unpaired) electrons. The number of benzene rings is 2. The number of halogens is 1. The highest BCUT2D eigenvalue weighted by atomic mass is 79.9. The summed E-state index contributed by atoms with van der Waals surface area (Å²) in [7, 11) is 0. The van der Waals surface area contributed by atoms with Crippen LogP contribution in [0.1, 0.15) is 0 Å². The first kappa shape index (κ1) is 11.5. The van der Waals surface area contributed by atoms with Gasteiger partial charge in [0.15, 0.2) is 0 Å². The van der Waals surface area contributed by atoms with E-state index in [1.54, 1.807) is 4.98 Å². The number of hydrogen-bond acceptors (Lipinski definition) is 1. The van der Waals surface area contributed by atoms with Gasteiger partial charge in [-0.25, -0.2) is 0 Å². The minimum Gasteiger partial charge on any atom is -0.185 e. The summed E-state index contributed by atoms with van der Waals surface area (Å²) in [5, 5.41) is 7.24. The highest BCUT2D eigenvalue weighted by molar-refractivity contribution is 9.12. The average molecular weight is 260 g/mol. The topological polar surface area (TPSA) is 23.8 Å². The highest BCUT2D eigenvalue weighted by Crippen LogP contribution is 2.17. The van der Waals surface area contributed by atoms with Crippen molar-refractivity contribution in [2.45, 2.75) is 0 Å². The Morgan fingerprint density at radius 1 is 0.733 bits per heavy atom. The normalized spacial score (nSPS) is 8.27. The molecule has 0 unspecified atom stereocenters. The van der Waals surface area contributed by atoms with Gasteiger partial charge in [0.05, 0.1) is 0 Å². The van der Waals surface area contributed by atoms with Gasteiger partial charge in [0.2, 0.25) is 0 Å². The van der Waals surface area contributed by atoms with Crippen LogP contribution in [0.3, 0.4) is 0 Å². The van der Waals surface area contributed by atoms with E-state index in [4.69, 9.17) is 5.26 Å².